The van der Waals surface area contributed by atoms with Gasteiger partial charge in [-0.15, -0.1) is 11.3 Å². The molecule has 0 aromatic carbocycles. The third kappa shape index (κ3) is 3.94. The lowest BCUT2D eigenvalue weighted by atomic mass is 10.1. The van der Waals surface area contributed by atoms with Gasteiger partial charge in [-0.3, -0.25) is 4.40 Å². The molecule has 6 heteroatoms. The molecule has 0 aliphatic rings. The molecule has 112 valence electrons. The number of ether oxygens (including phenoxy) is 2. The lowest BCUT2D eigenvalue weighted by Gasteiger charge is -2.08. The van der Waals surface area contributed by atoms with E-state index in [1.54, 1.807) is 18.4 Å². The highest BCUT2D eigenvalue weighted by Gasteiger charge is 2.12. The van der Waals surface area contributed by atoms with Gasteiger partial charge in [-0.05, 0) is 12.3 Å². The number of methoxy groups -OCH3 is 1. The van der Waals surface area contributed by atoms with Gasteiger partial charge in [-0.1, -0.05) is 13.8 Å². The fourth-order valence-electron chi connectivity index (χ4n) is 1.91. The Kier molecular flexibility index (Phi) is 5.82. The van der Waals surface area contributed by atoms with Crippen LogP contribution in [-0.4, -0.2) is 36.3 Å². The van der Waals surface area contributed by atoms with Crippen LogP contribution in [-0.2, 0) is 11.3 Å². The van der Waals surface area contributed by atoms with E-state index in [2.05, 4.69) is 28.5 Å². The third-order valence-electron chi connectivity index (χ3n) is 3.07. The smallest absolute Gasteiger partial charge is 0.237 e. The van der Waals surface area contributed by atoms with Gasteiger partial charge in [0.25, 0.3) is 0 Å². The van der Waals surface area contributed by atoms with Crippen LogP contribution in [0.4, 0.5) is 0 Å². The number of hydrogen-bond donors (Lipinski definition) is 1. The summed E-state index contributed by atoms with van der Waals surface area (Å²) >= 11 is 1.61. The Morgan fingerprint density at radius 1 is 1.40 bits per heavy atom. The maximum atomic E-state index is 5.58. The quantitative estimate of drug-likeness (QED) is 0.723. The lowest BCUT2D eigenvalue weighted by molar-refractivity contribution is 0.125. The molecule has 0 amide bonds. The van der Waals surface area contributed by atoms with E-state index >= 15 is 0 Å². The Morgan fingerprint density at radius 3 is 3.00 bits per heavy atom. The summed E-state index contributed by atoms with van der Waals surface area (Å²) in [7, 11) is 1.66. The minimum Gasteiger partial charge on any atom is -0.480 e. The van der Waals surface area contributed by atoms with E-state index in [4.69, 9.17) is 9.47 Å². The van der Waals surface area contributed by atoms with Crippen LogP contribution in [0.15, 0.2) is 11.6 Å². The minimum atomic E-state index is 0.699. The Bertz CT molecular complexity index is 521. The molecule has 0 radical (unpaired) electrons. The number of aromatic nitrogens is 2. The van der Waals surface area contributed by atoms with Crippen molar-refractivity contribution < 1.29 is 9.47 Å². The molecular formula is C14H23N3O2S. The fourth-order valence-corrected chi connectivity index (χ4v) is 2.63. The second-order valence-corrected chi connectivity index (χ2v) is 5.97. The maximum absolute atomic E-state index is 5.58. The summed E-state index contributed by atoms with van der Waals surface area (Å²) in [6.45, 7) is 7.55. The van der Waals surface area contributed by atoms with Crippen molar-refractivity contribution in [1.29, 1.82) is 0 Å². The largest absolute Gasteiger partial charge is 0.480 e. The standard InChI is InChI=1S/C14H23N3O2S/c1-11(2)4-7-19-8-5-15-10-12-13(18-3)16-14-17(12)6-9-20-14/h6,9,11,15H,4-5,7-8,10H2,1-3H3. The van der Waals surface area contributed by atoms with Crippen molar-refractivity contribution in [3.8, 4) is 5.88 Å². The van der Waals surface area contributed by atoms with Gasteiger partial charge in [0.1, 0.15) is 5.69 Å². The van der Waals surface area contributed by atoms with Gasteiger partial charge in [0.15, 0.2) is 4.96 Å². The number of thiazole rings is 1. The molecule has 0 aliphatic heterocycles. The SMILES string of the molecule is COc1nc2sccn2c1CNCCOCCC(C)C. The zero-order valence-corrected chi connectivity index (χ0v) is 13.2. The molecule has 0 saturated heterocycles. The topological polar surface area (TPSA) is 47.8 Å². The Balaban J connectivity index is 1.74. The zero-order valence-electron chi connectivity index (χ0n) is 12.4. The number of imidazole rings is 1. The Labute approximate surface area is 123 Å². The fraction of sp³-hybridized carbons (Fsp3) is 0.643. The van der Waals surface area contributed by atoms with Crippen molar-refractivity contribution in [2.45, 2.75) is 26.8 Å². The van der Waals surface area contributed by atoms with Crippen molar-refractivity contribution in [3.63, 3.8) is 0 Å². The van der Waals surface area contributed by atoms with E-state index in [1.807, 2.05) is 11.6 Å². The predicted molar refractivity (Wildman–Crippen MR) is 81.6 cm³/mol. The number of rotatable bonds is 9. The molecule has 0 atom stereocenters. The molecule has 0 fully saturated rings. The molecule has 0 aliphatic carbocycles. The van der Waals surface area contributed by atoms with Gasteiger partial charge in [0.2, 0.25) is 5.88 Å². The van der Waals surface area contributed by atoms with Crippen LogP contribution in [0.3, 0.4) is 0 Å². The van der Waals surface area contributed by atoms with Crippen LogP contribution in [0.1, 0.15) is 26.0 Å². The predicted octanol–water partition coefficient (Wildman–Crippen LogP) is 2.56. The van der Waals surface area contributed by atoms with Crippen molar-refractivity contribution >= 4 is 16.3 Å². The summed E-state index contributed by atoms with van der Waals surface area (Å²) in [6.07, 6.45) is 3.14. The monoisotopic (exact) mass is 297 g/mol. The van der Waals surface area contributed by atoms with E-state index in [9.17, 15) is 0 Å². The summed E-state index contributed by atoms with van der Waals surface area (Å²) in [6, 6.07) is 0. The molecule has 1 N–H and O–H groups in total. The first-order valence-corrected chi connectivity index (χ1v) is 7.87. The first-order chi connectivity index (χ1) is 9.72. The first-order valence-electron chi connectivity index (χ1n) is 6.99. The number of hydrogen-bond acceptors (Lipinski definition) is 5. The average Bonchev–Trinajstić information content (AvgIpc) is 2.98. The molecular weight excluding hydrogens is 274 g/mol. The van der Waals surface area contributed by atoms with Crippen LogP contribution in [0.5, 0.6) is 5.88 Å². The molecule has 0 bridgehead atoms. The van der Waals surface area contributed by atoms with Crippen LogP contribution in [0.2, 0.25) is 0 Å². The minimum absolute atomic E-state index is 0.699. The summed E-state index contributed by atoms with van der Waals surface area (Å²) in [4.78, 5) is 5.39. The van der Waals surface area contributed by atoms with Crippen molar-refractivity contribution in [1.82, 2.24) is 14.7 Å². The second kappa shape index (κ2) is 7.61. The molecule has 2 rings (SSSR count). The summed E-state index contributed by atoms with van der Waals surface area (Å²) in [5.74, 6) is 1.40. The van der Waals surface area contributed by atoms with Gasteiger partial charge in [-0.25, -0.2) is 0 Å². The third-order valence-corrected chi connectivity index (χ3v) is 3.83. The van der Waals surface area contributed by atoms with Gasteiger partial charge in [-0.2, -0.15) is 4.98 Å². The molecule has 2 heterocycles. The highest BCUT2D eigenvalue weighted by atomic mass is 32.1. The number of nitrogens with one attached hydrogen (secondary N) is 1. The average molecular weight is 297 g/mol. The van der Waals surface area contributed by atoms with Gasteiger partial charge in [0, 0.05) is 31.3 Å². The molecule has 5 nitrogen and oxygen atoms in total. The van der Waals surface area contributed by atoms with E-state index in [-0.39, 0.29) is 0 Å². The second-order valence-electron chi connectivity index (χ2n) is 5.10. The van der Waals surface area contributed by atoms with Gasteiger partial charge < -0.3 is 14.8 Å². The summed E-state index contributed by atoms with van der Waals surface area (Å²) in [5.41, 5.74) is 1.06. The zero-order chi connectivity index (χ0) is 14.4. The van der Waals surface area contributed by atoms with E-state index in [0.29, 0.717) is 11.8 Å². The normalized spacial score (nSPS) is 11.6. The van der Waals surface area contributed by atoms with Gasteiger partial charge in [0.05, 0.1) is 13.7 Å². The van der Waals surface area contributed by atoms with Crippen LogP contribution < -0.4 is 10.1 Å². The van der Waals surface area contributed by atoms with Gasteiger partial charge >= 0.3 is 0 Å². The van der Waals surface area contributed by atoms with E-state index in [0.717, 1.165) is 43.4 Å². The first kappa shape index (κ1) is 15.3. The molecule has 0 saturated carbocycles. The Morgan fingerprint density at radius 2 is 2.25 bits per heavy atom. The molecule has 0 unspecified atom stereocenters. The maximum Gasteiger partial charge on any atom is 0.237 e. The summed E-state index contributed by atoms with van der Waals surface area (Å²) in [5, 5.41) is 5.40. The number of fused-ring (bicyclic) bond motifs is 1. The van der Waals surface area contributed by atoms with Crippen LogP contribution >= 0.6 is 11.3 Å². The van der Waals surface area contributed by atoms with Crippen molar-refractivity contribution in [3.05, 3.63) is 17.3 Å². The summed E-state index contributed by atoms with van der Waals surface area (Å²) < 4.78 is 13.0. The van der Waals surface area contributed by atoms with E-state index in [1.165, 1.54) is 0 Å². The number of nitrogens with zero attached hydrogens (tertiary/aromatic N) is 2. The Hall–Kier alpha value is -1.11. The van der Waals surface area contributed by atoms with E-state index < -0.39 is 0 Å². The molecule has 2 aromatic rings. The highest BCUT2D eigenvalue weighted by Crippen LogP contribution is 2.22. The molecule has 20 heavy (non-hydrogen) atoms. The molecule has 2 aromatic heterocycles. The van der Waals surface area contributed by atoms with Crippen LogP contribution in [0, 0.1) is 5.92 Å². The van der Waals surface area contributed by atoms with Crippen LogP contribution in [0.25, 0.3) is 4.96 Å². The lowest BCUT2D eigenvalue weighted by Crippen LogP contribution is -2.20. The highest BCUT2D eigenvalue weighted by molar-refractivity contribution is 7.15. The molecule has 0 spiro atoms. The van der Waals surface area contributed by atoms with Crippen molar-refractivity contribution in [2.75, 3.05) is 26.9 Å². The van der Waals surface area contributed by atoms with Crippen molar-refractivity contribution in [2.24, 2.45) is 5.92 Å².